The highest BCUT2D eigenvalue weighted by molar-refractivity contribution is 5.34. The first-order chi connectivity index (χ1) is 7.61. The second kappa shape index (κ2) is 4.54. The molecule has 1 nitrogen and oxygen atoms in total. The molecule has 2 aliphatic rings. The maximum atomic E-state index is 13.0. The van der Waals surface area contributed by atoms with Crippen LogP contribution >= 0.6 is 0 Å². The normalized spacial score (nSPS) is 34.6. The standard InChI is InChI=1S/C14H20FN/c1-4-11(7-9(2)10(3)15)13-8-12-5-6-14(13)16-12/h4,7,12-14,16H,3,5-6,8H2,1-2H3/b9-7-,11-4+. The molecule has 0 radical (unpaired) electrons. The summed E-state index contributed by atoms with van der Waals surface area (Å²) in [7, 11) is 0. The van der Waals surface area contributed by atoms with Crippen LogP contribution in [0.1, 0.15) is 33.1 Å². The lowest BCUT2D eigenvalue weighted by atomic mass is 9.83. The van der Waals surface area contributed by atoms with Crippen LogP contribution in [0.3, 0.4) is 0 Å². The van der Waals surface area contributed by atoms with Crippen molar-refractivity contribution in [3.05, 3.63) is 35.7 Å². The molecule has 0 spiro atoms. The minimum Gasteiger partial charge on any atom is -0.311 e. The van der Waals surface area contributed by atoms with Crippen LogP contribution in [0.25, 0.3) is 0 Å². The molecule has 0 aromatic heterocycles. The van der Waals surface area contributed by atoms with Gasteiger partial charge in [0, 0.05) is 18.0 Å². The van der Waals surface area contributed by atoms with E-state index < -0.39 is 0 Å². The molecule has 0 aliphatic carbocycles. The van der Waals surface area contributed by atoms with Crippen molar-refractivity contribution < 1.29 is 4.39 Å². The topological polar surface area (TPSA) is 12.0 Å². The molecule has 3 atom stereocenters. The minimum absolute atomic E-state index is 0.324. The van der Waals surface area contributed by atoms with Crippen LogP contribution in [0, 0.1) is 5.92 Å². The number of hydrogen-bond donors (Lipinski definition) is 1. The molecule has 3 unspecified atom stereocenters. The van der Waals surface area contributed by atoms with Crippen LogP contribution in [-0.4, -0.2) is 12.1 Å². The largest absolute Gasteiger partial charge is 0.311 e. The summed E-state index contributed by atoms with van der Waals surface area (Å²) in [6, 6.07) is 1.29. The summed E-state index contributed by atoms with van der Waals surface area (Å²) in [5, 5.41) is 3.61. The Morgan fingerprint density at radius 1 is 1.44 bits per heavy atom. The second-order valence-electron chi connectivity index (χ2n) is 4.91. The van der Waals surface area contributed by atoms with Gasteiger partial charge in [0.2, 0.25) is 0 Å². The van der Waals surface area contributed by atoms with Gasteiger partial charge in [0.05, 0.1) is 0 Å². The van der Waals surface area contributed by atoms with E-state index in [9.17, 15) is 4.39 Å². The van der Waals surface area contributed by atoms with Gasteiger partial charge < -0.3 is 5.32 Å². The fourth-order valence-corrected chi connectivity index (χ4v) is 2.93. The van der Waals surface area contributed by atoms with E-state index in [4.69, 9.17) is 0 Å². The minimum atomic E-state index is -0.324. The van der Waals surface area contributed by atoms with E-state index in [1.807, 2.05) is 13.0 Å². The maximum absolute atomic E-state index is 13.0. The number of fused-ring (bicyclic) bond motifs is 2. The zero-order valence-electron chi connectivity index (χ0n) is 10.1. The highest BCUT2D eigenvalue weighted by Crippen LogP contribution is 2.38. The van der Waals surface area contributed by atoms with Crippen molar-refractivity contribution in [3.63, 3.8) is 0 Å². The van der Waals surface area contributed by atoms with Crippen molar-refractivity contribution in [3.8, 4) is 0 Å². The van der Waals surface area contributed by atoms with E-state index in [1.54, 1.807) is 6.92 Å². The molecule has 0 aromatic carbocycles. The van der Waals surface area contributed by atoms with Crippen molar-refractivity contribution in [2.24, 2.45) is 5.92 Å². The molecule has 2 heterocycles. The SMILES string of the molecule is C=C(F)/C(C)=C\C(=C/C)C1CC2CCC1N2. The average molecular weight is 221 g/mol. The van der Waals surface area contributed by atoms with E-state index >= 15 is 0 Å². The lowest BCUT2D eigenvalue weighted by Crippen LogP contribution is -2.23. The molecule has 2 saturated heterocycles. The summed E-state index contributed by atoms with van der Waals surface area (Å²) in [4.78, 5) is 0. The van der Waals surface area contributed by atoms with E-state index in [0.717, 1.165) is 0 Å². The third-order valence-corrected chi connectivity index (χ3v) is 3.87. The van der Waals surface area contributed by atoms with Gasteiger partial charge >= 0.3 is 0 Å². The van der Waals surface area contributed by atoms with Gasteiger partial charge in [-0.3, -0.25) is 0 Å². The van der Waals surface area contributed by atoms with Gasteiger partial charge in [-0.15, -0.1) is 0 Å². The Morgan fingerprint density at radius 2 is 2.19 bits per heavy atom. The van der Waals surface area contributed by atoms with E-state index in [-0.39, 0.29) is 5.83 Å². The Morgan fingerprint density at radius 3 is 2.62 bits per heavy atom. The Labute approximate surface area is 97.1 Å². The molecule has 16 heavy (non-hydrogen) atoms. The predicted octanol–water partition coefficient (Wildman–Crippen LogP) is 3.50. The van der Waals surface area contributed by atoms with E-state index in [0.29, 0.717) is 23.6 Å². The Balaban J connectivity index is 2.13. The van der Waals surface area contributed by atoms with Gasteiger partial charge in [0.15, 0.2) is 0 Å². The summed E-state index contributed by atoms with van der Waals surface area (Å²) in [6.07, 6.45) is 7.83. The van der Waals surface area contributed by atoms with Crippen molar-refractivity contribution in [2.45, 2.75) is 45.2 Å². The Kier molecular flexibility index (Phi) is 3.29. The van der Waals surface area contributed by atoms with Crippen LogP contribution in [0.15, 0.2) is 35.7 Å². The molecule has 2 aliphatic heterocycles. The molecule has 1 N–H and O–H groups in total. The first-order valence-corrected chi connectivity index (χ1v) is 6.07. The number of halogens is 1. The van der Waals surface area contributed by atoms with Crippen molar-refractivity contribution >= 4 is 0 Å². The number of allylic oxidation sites excluding steroid dienone is 4. The van der Waals surface area contributed by atoms with Gasteiger partial charge in [-0.2, -0.15) is 0 Å². The third kappa shape index (κ3) is 2.12. The van der Waals surface area contributed by atoms with Crippen LogP contribution in [0.5, 0.6) is 0 Å². The average Bonchev–Trinajstić information content (AvgIpc) is 2.86. The van der Waals surface area contributed by atoms with Gasteiger partial charge in [-0.05, 0) is 44.3 Å². The Bertz CT molecular complexity index is 354. The fourth-order valence-electron chi connectivity index (χ4n) is 2.93. The zero-order valence-corrected chi connectivity index (χ0v) is 10.1. The van der Waals surface area contributed by atoms with Gasteiger partial charge in [0.25, 0.3) is 0 Å². The molecule has 2 heteroatoms. The lowest BCUT2D eigenvalue weighted by Gasteiger charge is -2.21. The second-order valence-corrected chi connectivity index (χ2v) is 4.91. The van der Waals surface area contributed by atoms with Crippen LogP contribution in [-0.2, 0) is 0 Å². The molecule has 0 aromatic rings. The summed E-state index contributed by atoms with van der Waals surface area (Å²) >= 11 is 0. The number of hydrogen-bond acceptors (Lipinski definition) is 1. The monoisotopic (exact) mass is 221 g/mol. The van der Waals surface area contributed by atoms with Crippen molar-refractivity contribution in [1.29, 1.82) is 0 Å². The molecule has 2 fully saturated rings. The molecular formula is C14H20FN. The molecule has 0 saturated carbocycles. The van der Waals surface area contributed by atoms with Crippen LogP contribution < -0.4 is 5.32 Å². The van der Waals surface area contributed by atoms with Crippen molar-refractivity contribution in [2.75, 3.05) is 0 Å². The van der Waals surface area contributed by atoms with E-state index in [1.165, 1.54) is 24.8 Å². The number of nitrogens with one attached hydrogen (secondary N) is 1. The summed E-state index contributed by atoms with van der Waals surface area (Å²) in [6.45, 7) is 7.16. The van der Waals surface area contributed by atoms with Crippen LogP contribution in [0.4, 0.5) is 4.39 Å². The lowest BCUT2D eigenvalue weighted by molar-refractivity contribution is 0.465. The summed E-state index contributed by atoms with van der Waals surface area (Å²) < 4.78 is 13.0. The summed E-state index contributed by atoms with van der Waals surface area (Å²) in [5.41, 5.74) is 1.91. The molecular weight excluding hydrogens is 201 g/mol. The zero-order chi connectivity index (χ0) is 11.7. The third-order valence-electron chi connectivity index (χ3n) is 3.87. The van der Waals surface area contributed by atoms with Crippen molar-refractivity contribution in [1.82, 2.24) is 5.32 Å². The van der Waals surface area contributed by atoms with Crippen LogP contribution in [0.2, 0.25) is 0 Å². The highest BCUT2D eigenvalue weighted by Gasteiger charge is 2.39. The van der Waals surface area contributed by atoms with Gasteiger partial charge in [0.1, 0.15) is 5.83 Å². The Hall–Kier alpha value is -0.890. The quantitative estimate of drug-likeness (QED) is 0.719. The first-order valence-electron chi connectivity index (χ1n) is 6.07. The summed E-state index contributed by atoms with van der Waals surface area (Å²) in [5.74, 6) is 0.244. The molecule has 88 valence electrons. The van der Waals surface area contributed by atoms with Gasteiger partial charge in [-0.1, -0.05) is 18.7 Å². The molecule has 2 bridgehead atoms. The number of rotatable bonds is 3. The smallest absolute Gasteiger partial charge is 0.118 e. The predicted molar refractivity (Wildman–Crippen MR) is 65.8 cm³/mol. The van der Waals surface area contributed by atoms with E-state index in [2.05, 4.69) is 18.0 Å². The fraction of sp³-hybridized carbons (Fsp3) is 0.571. The maximum Gasteiger partial charge on any atom is 0.118 e. The highest BCUT2D eigenvalue weighted by atomic mass is 19.1. The van der Waals surface area contributed by atoms with Gasteiger partial charge in [-0.25, -0.2) is 4.39 Å². The molecule has 2 rings (SSSR count). The molecule has 0 amide bonds. The first kappa shape index (κ1) is 11.6.